The maximum absolute atomic E-state index is 13.5. The Hall–Kier alpha value is -13.9. The molecule has 0 fully saturated rings. The Balaban J connectivity index is 0.000000185. The van der Waals surface area contributed by atoms with Crippen molar-refractivity contribution >= 4 is 120 Å². The van der Waals surface area contributed by atoms with E-state index in [1.165, 1.54) is 26.1 Å². The molecule has 4 amide bonds. The van der Waals surface area contributed by atoms with Gasteiger partial charge >= 0.3 is 35.7 Å². The smallest absolute Gasteiger partial charge is 0.417 e. The summed E-state index contributed by atoms with van der Waals surface area (Å²) in [7, 11) is 4.80. The topological polar surface area (TPSA) is 406 Å². The number of H-pyrrole nitrogens is 1. The SMILES string of the molecule is CCOC(=O)C[C@H](N)c1ccc2cc(OC)ccc2c1.CCOC(=O)C[C@H](NC(=O)Nc1c(O)c(C)cn(Cc2c(Cl)cccc2OCC)c1=O)c1ccc2cc(OC)ccc2c1.CCOc1cccc(Cl)c1Cn1cc(C)c(O)c(NC(=O)N[C@@H](CC(=O)O)c2ccc3cc(OC)ccc3c2)c1=O.CCOc1cccc(Cl)c1Cn1cc(C)c2oc(=O)[nH]c2c1=O. The number of urea groups is 2. The third-order valence-electron chi connectivity index (χ3n) is 20.1. The predicted octanol–water partition coefficient (Wildman–Crippen LogP) is 16.9. The number of amides is 4. The van der Waals surface area contributed by atoms with Crippen molar-refractivity contribution in [2.75, 3.05) is 65.0 Å². The van der Waals surface area contributed by atoms with Crippen LogP contribution in [0, 0.1) is 20.8 Å². The van der Waals surface area contributed by atoms with Gasteiger partial charge in [-0.2, -0.15) is 0 Å². The molecule has 0 bridgehead atoms. The molecule has 33 heteroatoms. The van der Waals surface area contributed by atoms with E-state index in [0.717, 1.165) is 43.6 Å². The number of methoxy groups -OCH3 is 3. The number of fused-ring (bicyclic) bond motifs is 4. The second-order valence-corrected chi connectivity index (χ2v) is 30.0. The van der Waals surface area contributed by atoms with Crippen LogP contribution in [0.15, 0.2) is 206 Å². The Morgan fingerprint density at radius 3 is 1.17 bits per heavy atom. The van der Waals surface area contributed by atoms with Gasteiger partial charge in [-0.15, -0.1) is 0 Å². The number of halogens is 3. The van der Waals surface area contributed by atoms with Crippen molar-refractivity contribution in [1.29, 1.82) is 0 Å². The van der Waals surface area contributed by atoms with Crippen LogP contribution >= 0.6 is 34.8 Å². The van der Waals surface area contributed by atoms with E-state index < -0.39 is 65.1 Å². The fourth-order valence-electron chi connectivity index (χ4n) is 13.9. The van der Waals surface area contributed by atoms with Crippen LogP contribution in [0.25, 0.3) is 43.4 Å². The molecule has 4 aromatic heterocycles. The van der Waals surface area contributed by atoms with E-state index in [9.17, 15) is 58.5 Å². The number of rotatable bonds is 30. The summed E-state index contributed by atoms with van der Waals surface area (Å²) in [6, 6.07) is 45.6. The Bertz CT molecular complexity index is 6440. The van der Waals surface area contributed by atoms with E-state index in [-0.39, 0.29) is 84.9 Å². The van der Waals surface area contributed by atoms with Crippen LogP contribution in [-0.2, 0) is 43.5 Å². The number of carbonyl (C=O) groups is 5. The lowest BCUT2D eigenvalue weighted by molar-refractivity contribution is -0.144. The number of aryl methyl sites for hydroxylation is 3. The Morgan fingerprint density at radius 2 is 0.795 bits per heavy atom. The summed E-state index contributed by atoms with van der Waals surface area (Å²) in [6.45, 7) is 16.1. The Labute approximate surface area is 744 Å². The number of aliphatic carboxylic acids is 1. The summed E-state index contributed by atoms with van der Waals surface area (Å²) in [5.74, 6) is 0.536. The average molecular weight is 1800 g/mol. The van der Waals surface area contributed by atoms with Gasteiger partial charge in [0.1, 0.15) is 46.0 Å². The number of carboxylic acid groups (broad SMARTS) is 1. The summed E-state index contributed by atoms with van der Waals surface area (Å²) >= 11 is 19.1. The molecule has 0 aliphatic rings. The number of ether oxygens (including phenoxy) is 8. The molecule has 0 aliphatic heterocycles. The highest BCUT2D eigenvalue weighted by Gasteiger charge is 2.27. The van der Waals surface area contributed by atoms with Crippen molar-refractivity contribution in [3.8, 4) is 46.0 Å². The van der Waals surface area contributed by atoms with Gasteiger partial charge in [-0.3, -0.25) is 33.8 Å². The molecule has 13 rings (SSSR count). The minimum atomic E-state index is -1.13. The van der Waals surface area contributed by atoms with E-state index in [4.69, 9.17) is 82.8 Å². The largest absolute Gasteiger partial charge is 0.505 e. The Kier molecular flexibility index (Phi) is 33.5. The molecule has 0 unspecified atom stereocenters. The summed E-state index contributed by atoms with van der Waals surface area (Å²) < 4.78 is 51.8. The second-order valence-electron chi connectivity index (χ2n) is 28.8. The summed E-state index contributed by atoms with van der Waals surface area (Å²) in [5.41, 5.74) is 9.47. The lowest BCUT2D eigenvalue weighted by Gasteiger charge is -2.20. The number of carboxylic acids is 1. The Morgan fingerprint density at radius 1 is 0.449 bits per heavy atom. The van der Waals surface area contributed by atoms with E-state index in [2.05, 4.69) is 26.3 Å². The monoisotopic (exact) mass is 1790 g/mol. The number of benzene rings is 9. The van der Waals surface area contributed by atoms with Crippen molar-refractivity contribution in [2.45, 2.75) is 112 Å². The number of aromatic nitrogens is 4. The number of hydrogen-bond donors (Lipinski definition) is 9. The quantitative estimate of drug-likeness (QED) is 0.0189. The minimum absolute atomic E-state index is 0.0226. The third kappa shape index (κ3) is 24.6. The van der Waals surface area contributed by atoms with Crippen molar-refractivity contribution < 1.29 is 81.6 Å². The van der Waals surface area contributed by atoms with Gasteiger partial charge < -0.3 is 98.3 Å². The maximum atomic E-state index is 13.5. The summed E-state index contributed by atoms with van der Waals surface area (Å²) in [5, 5.41) is 48.2. The highest BCUT2D eigenvalue weighted by atomic mass is 35.5. The van der Waals surface area contributed by atoms with E-state index in [1.54, 1.807) is 147 Å². The minimum Gasteiger partial charge on any atom is -0.505 e. The first-order chi connectivity index (χ1) is 60.9. The molecule has 4 heterocycles. The number of nitrogens with zero attached hydrogens (tertiary/aromatic N) is 3. The number of nitrogens with two attached hydrogens (primary N) is 1. The van der Waals surface area contributed by atoms with Crippen LogP contribution in [0.3, 0.4) is 0 Å². The average Bonchev–Trinajstić information content (AvgIpc) is 1.42. The first kappa shape index (κ1) is 95.3. The molecule has 0 saturated carbocycles. The number of oxazole rings is 1. The maximum Gasteiger partial charge on any atom is 0.417 e. The molecule has 0 radical (unpaired) electrons. The van der Waals surface area contributed by atoms with Gasteiger partial charge in [0.05, 0.1) is 105 Å². The van der Waals surface area contributed by atoms with Gasteiger partial charge in [-0.25, -0.2) is 14.4 Å². The number of aromatic amines is 1. The first-order valence-electron chi connectivity index (χ1n) is 40.4. The van der Waals surface area contributed by atoms with Crippen LogP contribution in [0.4, 0.5) is 21.0 Å². The molecule has 9 aromatic carbocycles. The molecule has 127 heavy (non-hydrogen) atoms. The van der Waals surface area contributed by atoms with Gasteiger partial charge in [-0.05, 0) is 195 Å². The van der Waals surface area contributed by atoms with Crippen LogP contribution in [0.1, 0.15) is 122 Å². The van der Waals surface area contributed by atoms with Gasteiger partial charge in [0, 0.05) is 73.1 Å². The highest BCUT2D eigenvalue weighted by Crippen LogP contribution is 2.36. The zero-order valence-corrected chi connectivity index (χ0v) is 73.8. The molecule has 13 aromatic rings. The lowest BCUT2D eigenvalue weighted by Crippen LogP contribution is -2.36. The third-order valence-corrected chi connectivity index (χ3v) is 21.2. The molecule has 30 nitrogen and oxygen atoms in total. The number of hydrogen-bond acceptors (Lipinski definition) is 21. The molecule has 3 atom stereocenters. The molecular weight excluding hydrogens is 1700 g/mol. The number of nitrogens with one attached hydrogen (secondary N) is 5. The van der Waals surface area contributed by atoms with Crippen molar-refractivity contribution in [3.05, 3.63) is 289 Å². The van der Waals surface area contributed by atoms with Crippen molar-refractivity contribution in [3.63, 3.8) is 0 Å². The number of aromatic hydroxyl groups is 2. The van der Waals surface area contributed by atoms with Crippen molar-refractivity contribution in [1.82, 2.24) is 29.3 Å². The first-order valence-corrected chi connectivity index (χ1v) is 41.5. The van der Waals surface area contributed by atoms with Crippen LogP contribution in [0.2, 0.25) is 15.1 Å². The second kappa shape index (κ2) is 44.6. The zero-order valence-electron chi connectivity index (χ0n) is 71.6. The number of esters is 2. The van der Waals surface area contributed by atoms with E-state index >= 15 is 0 Å². The molecule has 666 valence electrons. The summed E-state index contributed by atoms with van der Waals surface area (Å²) in [4.78, 5) is 115. The van der Waals surface area contributed by atoms with Crippen LogP contribution < -0.4 is 77.9 Å². The van der Waals surface area contributed by atoms with Crippen LogP contribution in [0.5, 0.6) is 46.0 Å². The summed E-state index contributed by atoms with van der Waals surface area (Å²) in [6.07, 6.45) is 4.20. The number of anilines is 2. The highest BCUT2D eigenvalue weighted by molar-refractivity contribution is 6.32. The van der Waals surface area contributed by atoms with E-state index in [1.807, 2.05) is 99.6 Å². The van der Waals surface area contributed by atoms with E-state index in [0.29, 0.717) is 115 Å². The number of pyridine rings is 3. The molecule has 0 aliphatic carbocycles. The van der Waals surface area contributed by atoms with Gasteiger partial charge in [0.15, 0.2) is 22.5 Å². The molecule has 10 N–H and O–H groups in total. The fourth-order valence-corrected chi connectivity index (χ4v) is 14.5. The standard InChI is InChI=1S/C32H34ClN3O7.C30H30ClN3O7.C16H15ClN2O4.C16H19NO3/c1-5-42-27-9-7-8-25(33)24(27)18-36-17-19(3)30(38)29(31(36)39)35-32(40)34-26(16-28(37)43-6-2)22-11-10-21-15-23(41-4)13-12-20(21)14-22;1-4-41-25-7-5-6-23(31)22(25)16-34-15-17(2)28(37)27(29(34)38)33-30(39)32-24(14-26(35)36)20-9-8-19-13-21(40-3)11-10-18(19)12-20;1-3-22-12-6-4-5-11(17)10(12)8-19-7-9(2)14-13(15(19)20)18-16(21)23-14;1-3-20-16(18)10-15(17)13-5-4-12-9-14(19-2)7-6-11(12)8-13/h7-15,17,26,38H,5-6,16,18H2,1-4H3,(H2,34,35,40);5-13,15,24,37H,4,14,16H2,1-3H3,(H,35,36)(H2,32,33,39);4-7H,3,8H2,1-2H3,(H,18,21);4-9,15H,3,10,17H2,1-2H3/t26-;24-;;15-/m00.0/s1. The lowest BCUT2D eigenvalue weighted by atomic mass is 9.99. The molecule has 0 saturated heterocycles. The molecule has 0 spiro atoms. The number of carbonyl (C=O) groups excluding carboxylic acids is 4. The predicted molar refractivity (Wildman–Crippen MR) is 488 cm³/mol. The van der Waals surface area contributed by atoms with Gasteiger partial charge in [0.2, 0.25) is 0 Å². The fraction of sp³-hybridized carbons (Fsp3) is 0.266. The van der Waals surface area contributed by atoms with Crippen LogP contribution in [-0.4, -0.2) is 118 Å². The van der Waals surface area contributed by atoms with Gasteiger partial charge in [-0.1, -0.05) is 108 Å². The van der Waals surface area contributed by atoms with Crippen molar-refractivity contribution in [2.24, 2.45) is 5.73 Å². The van der Waals surface area contributed by atoms with Gasteiger partial charge in [0.25, 0.3) is 16.7 Å². The molecular formula is C94H98Cl3N9O21. The zero-order chi connectivity index (χ0) is 91.9. The normalized spacial score (nSPS) is 11.6.